The summed E-state index contributed by atoms with van der Waals surface area (Å²) in [5.41, 5.74) is 6.34. The van der Waals surface area contributed by atoms with Crippen molar-refractivity contribution in [2.24, 2.45) is 0 Å². The Morgan fingerprint density at radius 3 is 2.50 bits per heavy atom. The second-order valence-corrected chi connectivity index (χ2v) is 13.6. The lowest BCUT2D eigenvalue weighted by atomic mass is 9.95. The van der Waals surface area contributed by atoms with Crippen LogP contribution in [0.15, 0.2) is 47.3 Å². The molecule has 4 aromatic rings. The number of rotatable bonds is 11. The SMILES string of the molecule is COc1ccc2[nH]c3c(c2c1)CN(C(=O)[C@@H](CCSC)Nc1ccc2c(cc1=O)[C@H](NC(C)=O)CCc1cc(OC)c(OC)c(OC)c1-2)CC3. The van der Waals surface area contributed by atoms with Gasteiger partial charge in [-0.05, 0) is 84.4 Å². The van der Waals surface area contributed by atoms with Crippen LogP contribution in [0.3, 0.4) is 0 Å². The fraction of sp³-hybridized carbons (Fsp3) is 0.395. The lowest BCUT2D eigenvalue weighted by Gasteiger charge is -2.31. The molecule has 3 aromatic carbocycles. The van der Waals surface area contributed by atoms with E-state index in [-0.39, 0.29) is 17.2 Å². The van der Waals surface area contributed by atoms with Crippen molar-refractivity contribution in [3.63, 3.8) is 0 Å². The van der Waals surface area contributed by atoms with Crippen molar-refractivity contribution in [3.8, 4) is 34.1 Å². The molecule has 3 N–H and O–H groups in total. The Labute approximate surface area is 296 Å². The average molecular weight is 701 g/mol. The molecule has 1 aromatic heterocycles. The minimum atomic E-state index is -0.629. The van der Waals surface area contributed by atoms with E-state index in [4.69, 9.17) is 18.9 Å². The van der Waals surface area contributed by atoms with E-state index < -0.39 is 12.1 Å². The molecule has 0 fully saturated rings. The van der Waals surface area contributed by atoms with Crippen molar-refractivity contribution in [1.29, 1.82) is 0 Å². The van der Waals surface area contributed by atoms with E-state index >= 15 is 0 Å². The Morgan fingerprint density at radius 2 is 1.80 bits per heavy atom. The predicted octanol–water partition coefficient (Wildman–Crippen LogP) is 5.47. The lowest BCUT2D eigenvalue weighted by molar-refractivity contribution is -0.133. The number of hydrogen-bond acceptors (Lipinski definition) is 9. The van der Waals surface area contributed by atoms with E-state index in [1.807, 2.05) is 41.5 Å². The van der Waals surface area contributed by atoms with Crippen LogP contribution in [-0.4, -0.2) is 74.7 Å². The number of aryl methyl sites for hydroxylation is 1. The van der Waals surface area contributed by atoms with Crippen LogP contribution < -0.4 is 35.0 Å². The maximum Gasteiger partial charge on any atom is 0.245 e. The van der Waals surface area contributed by atoms with Crippen molar-refractivity contribution in [2.75, 3.05) is 52.3 Å². The Bertz CT molecular complexity index is 1990. The fourth-order valence-electron chi connectivity index (χ4n) is 7.24. The molecule has 2 aliphatic rings. The van der Waals surface area contributed by atoms with E-state index in [0.717, 1.165) is 50.4 Å². The molecule has 0 radical (unpaired) electrons. The first kappa shape index (κ1) is 35.0. The van der Waals surface area contributed by atoms with Crippen LogP contribution in [0.1, 0.15) is 48.2 Å². The van der Waals surface area contributed by atoms with Crippen molar-refractivity contribution in [3.05, 3.63) is 75.1 Å². The zero-order valence-corrected chi connectivity index (χ0v) is 30.2. The molecule has 50 heavy (non-hydrogen) atoms. The molecule has 2 amide bonds. The van der Waals surface area contributed by atoms with Crippen molar-refractivity contribution in [1.82, 2.24) is 15.2 Å². The highest BCUT2D eigenvalue weighted by atomic mass is 32.2. The van der Waals surface area contributed by atoms with Crippen molar-refractivity contribution in [2.45, 2.75) is 51.2 Å². The molecule has 2 heterocycles. The zero-order valence-electron chi connectivity index (χ0n) is 29.4. The average Bonchev–Trinajstić information content (AvgIpc) is 3.33. The molecule has 264 valence electrons. The molecule has 11 nitrogen and oxygen atoms in total. The summed E-state index contributed by atoms with van der Waals surface area (Å²) in [6.45, 7) is 2.49. The van der Waals surface area contributed by atoms with E-state index in [9.17, 15) is 14.4 Å². The molecule has 1 aliphatic carbocycles. The number of hydrogen-bond donors (Lipinski definition) is 3. The van der Waals surface area contributed by atoms with Crippen LogP contribution in [0.4, 0.5) is 5.69 Å². The molecule has 12 heteroatoms. The summed E-state index contributed by atoms with van der Waals surface area (Å²) in [5, 5.41) is 7.44. The van der Waals surface area contributed by atoms with Gasteiger partial charge in [0, 0.05) is 54.2 Å². The van der Waals surface area contributed by atoms with Gasteiger partial charge in [-0.2, -0.15) is 11.8 Å². The first-order valence-corrected chi connectivity index (χ1v) is 18.1. The van der Waals surface area contributed by atoms with Crippen LogP contribution >= 0.6 is 11.8 Å². The number of fused-ring (bicyclic) bond motifs is 6. The number of amides is 2. The fourth-order valence-corrected chi connectivity index (χ4v) is 7.71. The number of H-pyrrole nitrogens is 1. The Hall–Kier alpha value is -4.84. The molecule has 1 aliphatic heterocycles. The highest BCUT2D eigenvalue weighted by Gasteiger charge is 2.32. The number of ether oxygens (including phenoxy) is 4. The van der Waals surface area contributed by atoms with Crippen LogP contribution in [0.5, 0.6) is 23.0 Å². The number of benzene rings is 2. The summed E-state index contributed by atoms with van der Waals surface area (Å²) in [4.78, 5) is 46.1. The maximum absolute atomic E-state index is 14.3. The summed E-state index contributed by atoms with van der Waals surface area (Å²) < 4.78 is 22.7. The van der Waals surface area contributed by atoms with Crippen LogP contribution in [-0.2, 0) is 29.0 Å². The minimum Gasteiger partial charge on any atom is -0.497 e. The van der Waals surface area contributed by atoms with Gasteiger partial charge in [0.1, 0.15) is 11.8 Å². The molecule has 0 spiro atoms. The van der Waals surface area contributed by atoms with E-state index in [0.29, 0.717) is 67.3 Å². The standard InChI is InChI=1S/C38H44N4O7S/c1-21(43)39-28-10-7-22-17-34(47-3)36(48-4)37(49-5)35(22)24-9-12-31(33(44)19-26(24)28)41-32(14-16-50-6)38(45)42-15-13-30-27(20-42)25-18-23(46-2)8-11-29(25)40-30/h8-9,11-12,17-19,28,32,40H,7,10,13-16,20H2,1-6H3,(H,39,43)(H,41,44)/t28-,32-/m1/s1. The monoisotopic (exact) mass is 700 g/mol. The van der Waals surface area contributed by atoms with Gasteiger partial charge in [0.2, 0.25) is 23.0 Å². The van der Waals surface area contributed by atoms with Gasteiger partial charge < -0.3 is 39.5 Å². The number of anilines is 1. The number of aromatic amines is 1. The highest BCUT2D eigenvalue weighted by molar-refractivity contribution is 7.98. The second kappa shape index (κ2) is 15.0. The third-order valence-electron chi connectivity index (χ3n) is 9.65. The topological polar surface area (TPSA) is 131 Å². The minimum absolute atomic E-state index is 0.0608. The van der Waals surface area contributed by atoms with Gasteiger partial charge in [-0.25, -0.2) is 0 Å². The van der Waals surface area contributed by atoms with Gasteiger partial charge in [0.05, 0.1) is 40.2 Å². The maximum atomic E-state index is 14.3. The molecular weight excluding hydrogens is 657 g/mol. The first-order valence-electron chi connectivity index (χ1n) is 16.7. The van der Waals surface area contributed by atoms with E-state index in [2.05, 4.69) is 15.6 Å². The van der Waals surface area contributed by atoms with Crippen molar-refractivity contribution >= 4 is 40.2 Å². The molecular formula is C38H44N4O7S. The Balaban J connectivity index is 1.39. The molecule has 0 saturated heterocycles. The van der Waals surface area contributed by atoms with Crippen LogP contribution in [0.25, 0.3) is 22.0 Å². The predicted molar refractivity (Wildman–Crippen MR) is 197 cm³/mol. The first-order chi connectivity index (χ1) is 24.2. The van der Waals surface area contributed by atoms with Gasteiger partial charge in [-0.3, -0.25) is 14.4 Å². The summed E-state index contributed by atoms with van der Waals surface area (Å²) in [6.07, 6.45) is 4.39. The molecule has 0 saturated carbocycles. The molecule has 0 unspecified atom stereocenters. The number of carbonyl (C=O) groups is 2. The number of nitrogens with zero attached hydrogens (tertiary/aromatic N) is 1. The normalized spacial score (nSPS) is 15.6. The van der Waals surface area contributed by atoms with Gasteiger partial charge >= 0.3 is 0 Å². The summed E-state index contributed by atoms with van der Waals surface area (Å²) in [6, 6.07) is 12.0. The van der Waals surface area contributed by atoms with E-state index in [1.165, 1.54) is 6.92 Å². The van der Waals surface area contributed by atoms with Crippen LogP contribution in [0.2, 0.25) is 0 Å². The van der Waals surface area contributed by atoms with Gasteiger partial charge in [0.15, 0.2) is 11.5 Å². The van der Waals surface area contributed by atoms with Gasteiger partial charge in [-0.15, -0.1) is 0 Å². The number of carbonyl (C=O) groups excluding carboxylic acids is 2. The zero-order chi connectivity index (χ0) is 35.5. The third-order valence-corrected chi connectivity index (χ3v) is 10.3. The number of nitrogens with one attached hydrogen (secondary N) is 3. The smallest absolute Gasteiger partial charge is 0.245 e. The largest absolute Gasteiger partial charge is 0.497 e. The molecule has 2 atom stereocenters. The number of thioether (sulfide) groups is 1. The third kappa shape index (κ3) is 6.68. The van der Waals surface area contributed by atoms with E-state index in [1.54, 1.807) is 52.3 Å². The highest BCUT2D eigenvalue weighted by Crippen LogP contribution is 2.50. The summed E-state index contributed by atoms with van der Waals surface area (Å²) >= 11 is 1.65. The quantitative estimate of drug-likeness (QED) is 0.186. The number of methoxy groups -OCH3 is 4. The van der Waals surface area contributed by atoms with Crippen molar-refractivity contribution < 1.29 is 28.5 Å². The Kier molecular flexibility index (Phi) is 10.5. The van der Waals surface area contributed by atoms with Gasteiger partial charge in [-0.1, -0.05) is 6.07 Å². The summed E-state index contributed by atoms with van der Waals surface area (Å²) in [5.74, 6) is 2.67. The Morgan fingerprint density at radius 1 is 1.00 bits per heavy atom. The number of aromatic nitrogens is 1. The second-order valence-electron chi connectivity index (χ2n) is 12.6. The van der Waals surface area contributed by atoms with Crippen LogP contribution in [0, 0.1) is 0 Å². The molecule has 0 bridgehead atoms. The lowest BCUT2D eigenvalue weighted by Crippen LogP contribution is -2.45. The molecule has 6 rings (SSSR count). The summed E-state index contributed by atoms with van der Waals surface area (Å²) in [7, 11) is 6.34. The van der Waals surface area contributed by atoms with Gasteiger partial charge in [0.25, 0.3) is 0 Å².